The Balaban J connectivity index is 1.97. The Morgan fingerprint density at radius 2 is 1.90 bits per heavy atom. The molecule has 0 atom stereocenters. The second-order valence-electron chi connectivity index (χ2n) is 9.10. The smallest absolute Gasteiger partial charge is 0.227 e. The highest BCUT2D eigenvalue weighted by Gasteiger charge is 2.20. The van der Waals surface area contributed by atoms with E-state index in [0.717, 1.165) is 63.9 Å². The molecule has 0 unspecified atom stereocenters. The Hall–Kier alpha value is -2.32. The third-order valence-electron chi connectivity index (χ3n) is 5.15. The zero-order chi connectivity index (χ0) is 22.6. The lowest BCUT2D eigenvalue weighted by molar-refractivity contribution is 0.206. The van der Waals surface area contributed by atoms with Crippen LogP contribution in [0.15, 0.2) is 12.3 Å². The van der Waals surface area contributed by atoms with Crippen molar-refractivity contribution in [3.05, 3.63) is 23.7 Å². The number of aryl methyl sites for hydroxylation is 2. The number of nitrogens with one attached hydrogen (secondary N) is 1. The van der Waals surface area contributed by atoms with Gasteiger partial charge in [0.2, 0.25) is 5.95 Å². The minimum Gasteiger partial charge on any atom is -0.383 e. The van der Waals surface area contributed by atoms with Gasteiger partial charge in [0.05, 0.1) is 28.3 Å². The lowest BCUT2D eigenvalue weighted by Gasteiger charge is -2.21. The second-order valence-corrected chi connectivity index (χ2v) is 10.1. The van der Waals surface area contributed by atoms with Crippen LogP contribution in [0.4, 0.5) is 11.8 Å². The molecule has 3 heterocycles. The molecular formula is C23H34N6OS. The molecule has 0 saturated carbocycles. The Labute approximate surface area is 189 Å². The van der Waals surface area contributed by atoms with E-state index in [9.17, 15) is 0 Å². The number of fused-ring (bicyclic) bond motifs is 1. The quantitative estimate of drug-likeness (QED) is 0.463. The van der Waals surface area contributed by atoms with E-state index in [1.807, 2.05) is 38.1 Å². The molecule has 0 saturated heterocycles. The number of pyridine rings is 1. The van der Waals surface area contributed by atoms with Crippen LogP contribution in [-0.4, -0.2) is 53.8 Å². The second kappa shape index (κ2) is 9.87. The fourth-order valence-corrected chi connectivity index (χ4v) is 4.47. The zero-order valence-corrected chi connectivity index (χ0v) is 20.6. The number of thiazole rings is 1. The molecule has 0 aliphatic heterocycles. The van der Waals surface area contributed by atoms with Gasteiger partial charge < -0.3 is 15.0 Å². The van der Waals surface area contributed by atoms with Gasteiger partial charge in [0.1, 0.15) is 16.3 Å². The van der Waals surface area contributed by atoms with E-state index >= 15 is 0 Å². The van der Waals surface area contributed by atoms with Crippen molar-refractivity contribution in [3.63, 3.8) is 0 Å². The third kappa shape index (κ3) is 5.89. The van der Waals surface area contributed by atoms with Crippen molar-refractivity contribution < 1.29 is 4.74 Å². The predicted molar refractivity (Wildman–Crippen MR) is 130 cm³/mol. The van der Waals surface area contributed by atoms with E-state index in [4.69, 9.17) is 19.7 Å². The highest BCUT2D eigenvalue weighted by atomic mass is 32.1. The van der Waals surface area contributed by atoms with Crippen LogP contribution in [-0.2, 0) is 4.74 Å². The zero-order valence-electron chi connectivity index (χ0n) is 19.7. The molecule has 0 aliphatic carbocycles. The molecule has 0 spiro atoms. The van der Waals surface area contributed by atoms with Crippen LogP contribution in [0, 0.1) is 19.3 Å². The highest BCUT2D eigenvalue weighted by molar-refractivity contribution is 7.21. The summed E-state index contributed by atoms with van der Waals surface area (Å²) in [6, 6.07) is 2.02. The Morgan fingerprint density at radius 3 is 2.58 bits per heavy atom. The van der Waals surface area contributed by atoms with E-state index in [0.29, 0.717) is 18.0 Å². The lowest BCUT2D eigenvalue weighted by atomic mass is 9.91. The van der Waals surface area contributed by atoms with E-state index in [1.165, 1.54) is 0 Å². The number of nitrogens with zero attached hydrogens (tertiary/aromatic N) is 5. The number of aromatic nitrogens is 4. The van der Waals surface area contributed by atoms with Crippen molar-refractivity contribution in [2.24, 2.45) is 5.41 Å². The van der Waals surface area contributed by atoms with Gasteiger partial charge >= 0.3 is 0 Å². The summed E-state index contributed by atoms with van der Waals surface area (Å²) < 4.78 is 6.34. The molecule has 3 aromatic heterocycles. The Kier molecular flexibility index (Phi) is 7.43. The number of likely N-dealkylation sites (N-methyl/N-ethyl adjacent to an activating group) is 1. The molecule has 0 fully saturated rings. The molecule has 0 aliphatic rings. The first-order valence-corrected chi connectivity index (χ1v) is 11.6. The summed E-state index contributed by atoms with van der Waals surface area (Å²) in [4.78, 5) is 21.0. The molecule has 0 bridgehead atoms. The number of anilines is 2. The van der Waals surface area contributed by atoms with Crippen LogP contribution in [0.1, 0.15) is 45.0 Å². The Bertz CT molecular complexity index is 1030. The van der Waals surface area contributed by atoms with Crippen molar-refractivity contribution in [2.45, 2.75) is 47.5 Å². The first-order valence-electron chi connectivity index (χ1n) is 10.7. The van der Waals surface area contributed by atoms with Gasteiger partial charge in [0, 0.05) is 33.4 Å². The van der Waals surface area contributed by atoms with E-state index in [2.05, 4.69) is 31.1 Å². The molecule has 0 amide bonds. The summed E-state index contributed by atoms with van der Waals surface area (Å²) >= 11 is 1.66. The van der Waals surface area contributed by atoms with E-state index in [1.54, 1.807) is 18.4 Å². The van der Waals surface area contributed by atoms with Crippen LogP contribution in [0.2, 0.25) is 0 Å². The van der Waals surface area contributed by atoms with Crippen molar-refractivity contribution in [2.75, 3.05) is 44.1 Å². The largest absolute Gasteiger partial charge is 0.383 e. The van der Waals surface area contributed by atoms with Gasteiger partial charge in [0.25, 0.3) is 0 Å². The maximum absolute atomic E-state index is 5.22. The fourth-order valence-electron chi connectivity index (χ4n) is 3.36. The van der Waals surface area contributed by atoms with Crippen LogP contribution >= 0.6 is 11.3 Å². The average Bonchev–Trinajstić information content (AvgIpc) is 3.13. The average molecular weight is 443 g/mol. The molecule has 31 heavy (non-hydrogen) atoms. The number of rotatable bonds is 9. The summed E-state index contributed by atoms with van der Waals surface area (Å²) in [6.45, 7) is 13.0. The molecule has 1 N–H and O–H groups in total. The maximum Gasteiger partial charge on any atom is 0.227 e. The molecule has 8 heteroatoms. The maximum atomic E-state index is 5.22. The first-order chi connectivity index (χ1) is 14.7. The van der Waals surface area contributed by atoms with Crippen molar-refractivity contribution in [1.82, 2.24) is 19.9 Å². The fraction of sp³-hybridized carbons (Fsp3) is 0.565. The normalized spacial score (nSPS) is 11.8. The standard InChI is InChI=1S/C23H34N6OS/c1-15-18(21-27-19-16(2)24-12-9-17(19)31-21)20(25-11-8-10-23(3,4)5)28-22(26-15)29(6)13-14-30-7/h9,12H,8,10-11,13-14H2,1-7H3,(H,25,26,28). The third-order valence-corrected chi connectivity index (χ3v) is 6.19. The summed E-state index contributed by atoms with van der Waals surface area (Å²) in [5.74, 6) is 1.53. The summed E-state index contributed by atoms with van der Waals surface area (Å²) in [5.41, 5.74) is 4.09. The van der Waals surface area contributed by atoms with Crippen molar-refractivity contribution in [1.29, 1.82) is 0 Å². The molecule has 3 rings (SSSR count). The van der Waals surface area contributed by atoms with Gasteiger partial charge in [-0.25, -0.2) is 9.97 Å². The molecular weight excluding hydrogens is 408 g/mol. The molecule has 0 aromatic carbocycles. The van der Waals surface area contributed by atoms with Crippen molar-refractivity contribution in [3.8, 4) is 10.6 Å². The SMILES string of the molecule is COCCN(C)c1nc(C)c(-c2nc3c(C)nccc3s2)c(NCCCC(C)(C)C)n1. The minimum atomic E-state index is 0.315. The van der Waals surface area contributed by atoms with E-state index < -0.39 is 0 Å². The van der Waals surface area contributed by atoms with Gasteiger partial charge in [-0.1, -0.05) is 20.8 Å². The van der Waals surface area contributed by atoms with Gasteiger partial charge in [-0.2, -0.15) is 4.98 Å². The number of hydrogen-bond acceptors (Lipinski definition) is 8. The first kappa shape index (κ1) is 23.3. The van der Waals surface area contributed by atoms with Crippen molar-refractivity contribution >= 4 is 33.3 Å². The summed E-state index contributed by atoms with van der Waals surface area (Å²) in [7, 11) is 3.69. The number of ether oxygens (including phenoxy) is 1. The topological polar surface area (TPSA) is 76.1 Å². The van der Waals surface area contributed by atoms with Gasteiger partial charge in [0.15, 0.2) is 0 Å². The van der Waals surface area contributed by atoms with Crippen LogP contribution in [0.3, 0.4) is 0 Å². The molecule has 7 nitrogen and oxygen atoms in total. The van der Waals surface area contributed by atoms with E-state index in [-0.39, 0.29) is 0 Å². The van der Waals surface area contributed by atoms with Crippen LogP contribution < -0.4 is 10.2 Å². The van der Waals surface area contributed by atoms with Gasteiger partial charge in [-0.05, 0) is 38.2 Å². The predicted octanol–water partition coefficient (Wildman–Crippen LogP) is 5.09. The van der Waals surface area contributed by atoms with Crippen LogP contribution in [0.5, 0.6) is 0 Å². The number of hydrogen-bond donors (Lipinski definition) is 1. The molecule has 3 aromatic rings. The van der Waals surface area contributed by atoms with Crippen LogP contribution in [0.25, 0.3) is 20.8 Å². The summed E-state index contributed by atoms with van der Waals surface area (Å²) in [6.07, 6.45) is 4.05. The highest BCUT2D eigenvalue weighted by Crippen LogP contribution is 2.37. The van der Waals surface area contributed by atoms with Gasteiger partial charge in [-0.3, -0.25) is 4.98 Å². The monoisotopic (exact) mass is 442 g/mol. The molecule has 0 radical (unpaired) electrons. The van der Waals surface area contributed by atoms with Gasteiger partial charge in [-0.15, -0.1) is 11.3 Å². The summed E-state index contributed by atoms with van der Waals surface area (Å²) in [5, 5.41) is 4.50. The Morgan fingerprint density at radius 1 is 1.13 bits per heavy atom. The minimum absolute atomic E-state index is 0.315. The lowest BCUT2D eigenvalue weighted by Crippen LogP contribution is -2.25. The molecule has 168 valence electrons. The number of methoxy groups -OCH3 is 1.